The summed E-state index contributed by atoms with van der Waals surface area (Å²) in [5.41, 5.74) is 1.27. The van der Waals surface area contributed by atoms with Gasteiger partial charge in [0.05, 0.1) is 5.38 Å². The molecular weight excluding hydrogens is 316 g/mol. The Morgan fingerprint density at radius 3 is 2.26 bits per heavy atom. The Morgan fingerprint density at radius 2 is 1.74 bits per heavy atom. The Labute approximate surface area is 126 Å². The molecule has 0 aromatic heterocycles. The zero-order valence-electron chi connectivity index (χ0n) is 12.5. The van der Waals surface area contributed by atoms with Crippen molar-refractivity contribution in [3.05, 3.63) is 45.8 Å². The van der Waals surface area contributed by atoms with Gasteiger partial charge < -0.3 is 4.74 Å². The Morgan fingerprint density at radius 1 is 1.16 bits per heavy atom. The maximum Gasteiger partial charge on any atom is 0.131 e. The summed E-state index contributed by atoms with van der Waals surface area (Å²) in [7, 11) is -1.60. The van der Waals surface area contributed by atoms with Gasteiger partial charge in [-0.3, -0.25) is 0 Å². The molecule has 0 saturated carbocycles. The molecule has 0 spiro atoms. The molecule has 2 rings (SSSR count). The molecule has 0 saturated heterocycles. The third-order valence-electron chi connectivity index (χ3n) is 4.49. The first-order valence-corrected chi connectivity index (χ1v) is 10.6. The fourth-order valence-electron chi connectivity index (χ4n) is 2.18. The monoisotopic (exact) mass is 338 g/mol. The second-order valence-corrected chi connectivity index (χ2v) is 13.0. The summed E-state index contributed by atoms with van der Waals surface area (Å²) >= 11 is 3.76. The number of rotatable bonds is 2. The Bertz CT molecular complexity index is 485. The van der Waals surface area contributed by atoms with E-state index in [2.05, 4.69) is 80.1 Å². The minimum Gasteiger partial charge on any atom is -0.494 e. The van der Waals surface area contributed by atoms with Crippen LogP contribution in [0, 0.1) is 0 Å². The van der Waals surface area contributed by atoms with Crippen molar-refractivity contribution in [1.82, 2.24) is 0 Å². The van der Waals surface area contributed by atoms with Gasteiger partial charge in [0.1, 0.15) is 14.2 Å². The molecule has 0 N–H and O–H groups in total. The Balaban J connectivity index is 2.24. The van der Waals surface area contributed by atoms with Crippen LogP contribution in [0.3, 0.4) is 0 Å². The van der Waals surface area contributed by atoms with Gasteiger partial charge in [0.15, 0.2) is 0 Å². The van der Waals surface area contributed by atoms with Crippen molar-refractivity contribution in [2.45, 2.75) is 51.4 Å². The van der Waals surface area contributed by atoms with Crippen LogP contribution in [0.15, 0.2) is 40.2 Å². The smallest absolute Gasteiger partial charge is 0.131 e. The first-order valence-electron chi connectivity index (χ1n) is 6.84. The van der Waals surface area contributed by atoms with E-state index in [0.29, 0.717) is 5.04 Å². The van der Waals surface area contributed by atoms with Crippen LogP contribution in [0.4, 0.5) is 0 Å². The van der Waals surface area contributed by atoms with Crippen molar-refractivity contribution in [3.8, 4) is 0 Å². The number of hydrogen-bond donors (Lipinski definition) is 0. The van der Waals surface area contributed by atoms with E-state index in [-0.39, 0.29) is 6.10 Å². The molecule has 3 heteroatoms. The SMILES string of the molecule is CC(C)(C)[Si](C)(C)C1=C(Br)CC(c2ccccc2)O1. The quantitative estimate of drug-likeness (QED) is 0.619. The molecular formula is C16H23BrOSi. The van der Waals surface area contributed by atoms with Crippen LogP contribution in [0.1, 0.15) is 38.9 Å². The van der Waals surface area contributed by atoms with E-state index in [1.807, 2.05) is 0 Å². The lowest BCUT2D eigenvalue weighted by molar-refractivity contribution is 0.158. The summed E-state index contributed by atoms with van der Waals surface area (Å²) in [6.45, 7) is 11.8. The molecule has 104 valence electrons. The first-order chi connectivity index (χ1) is 8.73. The second kappa shape index (κ2) is 5.10. The molecule has 1 unspecified atom stereocenters. The molecule has 1 aromatic carbocycles. The van der Waals surface area contributed by atoms with Crippen molar-refractivity contribution in [1.29, 1.82) is 0 Å². The van der Waals surface area contributed by atoms with Crippen LogP contribution in [0.2, 0.25) is 18.1 Å². The minimum atomic E-state index is -1.60. The van der Waals surface area contributed by atoms with E-state index in [9.17, 15) is 0 Å². The standard InChI is InChI=1S/C16H23BrOSi/c1-16(2,3)19(4,5)15-13(17)11-14(18-15)12-9-7-6-8-10-12/h6-10,14H,11H2,1-5H3. The van der Waals surface area contributed by atoms with Crippen molar-refractivity contribution >= 4 is 24.0 Å². The number of ether oxygens (including phenoxy) is 1. The summed E-state index contributed by atoms with van der Waals surface area (Å²) < 4.78 is 7.62. The van der Waals surface area contributed by atoms with E-state index < -0.39 is 8.07 Å². The lowest BCUT2D eigenvalue weighted by Crippen LogP contribution is -2.40. The van der Waals surface area contributed by atoms with Gasteiger partial charge in [-0.05, 0) is 10.6 Å². The van der Waals surface area contributed by atoms with Crippen LogP contribution < -0.4 is 0 Å². The summed E-state index contributed by atoms with van der Waals surface area (Å²) in [5, 5.41) is 1.54. The van der Waals surface area contributed by atoms with Gasteiger partial charge in [-0.15, -0.1) is 0 Å². The summed E-state index contributed by atoms with van der Waals surface area (Å²) in [6, 6.07) is 10.5. The van der Waals surface area contributed by atoms with Crippen LogP contribution in [-0.2, 0) is 4.74 Å². The molecule has 1 heterocycles. The lowest BCUT2D eigenvalue weighted by Gasteiger charge is -2.37. The predicted octanol–water partition coefficient (Wildman–Crippen LogP) is 5.80. The summed E-state index contributed by atoms with van der Waals surface area (Å²) in [5.74, 6) is 0. The molecule has 1 aliphatic heterocycles. The molecule has 19 heavy (non-hydrogen) atoms. The molecule has 0 radical (unpaired) electrons. The van der Waals surface area contributed by atoms with Crippen molar-refractivity contribution in [3.63, 3.8) is 0 Å². The fourth-order valence-corrected chi connectivity index (χ4v) is 5.96. The van der Waals surface area contributed by atoms with Gasteiger partial charge in [0, 0.05) is 10.9 Å². The highest BCUT2D eigenvalue weighted by molar-refractivity contribution is 9.11. The largest absolute Gasteiger partial charge is 0.494 e. The van der Waals surface area contributed by atoms with E-state index >= 15 is 0 Å². The first kappa shape index (κ1) is 14.9. The molecule has 1 atom stereocenters. The number of hydrogen-bond acceptors (Lipinski definition) is 1. The molecule has 0 amide bonds. The van der Waals surface area contributed by atoms with Crippen LogP contribution in [0.25, 0.3) is 0 Å². The average Bonchev–Trinajstić information content (AvgIpc) is 2.71. The van der Waals surface area contributed by atoms with E-state index in [1.54, 1.807) is 0 Å². The van der Waals surface area contributed by atoms with Gasteiger partial charge in [-0.25, -0.2) is 0 Å². The van der Waals surface area contributed by atoms with Crippen molar-refractivity contribution in [2.75, 3.05) is 0 Å². The third kappa shape index (κ3) is 2.82. The van der Waals surface area contributed by atoms with Crippen LogP contribution >= 0.6 is 15.9 Å². The maximum atomic E-state index is 6.35. The molecule has 1 nitrogen and oxygen atoms in total. The third-order valence-corrected chi connectivity index (χ3v) is 10.8. The van der Waals surface area contributed by atoms with Gasteiger partial charge in [0.2, 0.25) is 0 Å². The Hall–Kier alpha value is -0.543. The molecule has 1 aliphatic rings. The van der Waals surface area contributed by atoms with Crippen molar-refractivity contribution in [2.24, 2.45) is 0 Å². The molecule has 1 aromatic rings. The Kier molecular flexibility index (Phi) is 3.99. The minimum absolute atomic E-state index is 0.180. The van der Waals surface area contributed by atoms with Gasteiger partial charge >= 0.3 is 0 Å². The van der Waals surface area contributed by atoms with Gasteiger partial charge in [-0.2, -0.15) is 0 Å². The van der Waals surface area contributed by atoms with Crippen LogP contribution in [-0.4, -0.2) is 8.07 Å². The summed E-state index contributed by atoms with van der Waals surface area (Å²) in [4.78, 5) is 0. The summed E-state index contributed by atoms with van der Waals surface area (Å²) in [6.07, 6.45) is 1.14. The van der Waals surface area contributed by atoms with Gasteiger partial charge in [0.25, 0.3) is 0 Å². The molecule has 0 aliphatic carbocycles. The second-order valence-electron chi connectivity index (χ2n) is 6.83. The topological polar surface area (TPSA) is 9.23 Å². The average molecular weight is 339 g/mol. The van der Waals surface area contributed by atoms with E-state index in [0.717, 1.165) is 6.42 Å². The number of benzene rings is 1. The van der Waals surface area contributed by atoms with Crippen LogP contribution in [0.5, 0.6) is 0 Å². The zero-order chi connectivity index (χ0) is 14.3. The molecule has 0 fully saturated rings. The van der Waals surface area contributed by atoms with E-state index in [1.165, 1.54) is 15.4 Å². The zero-order valence-corrected chi connectivity index (χ0v) is 15.0. The molecule has 0 bridgehead atoms. The van der Waals surface area contributed by atoms with Gasteiger partial charge in [-0.1, -0.05) is 80.1 Å². The highest BCUT2D eigenvalue weighted by Crippen LogP contribution is 2.49. The lowest BCUT2D eigenvalue weighted by atomic mass is 10.1. The van der Waals surface area contributed by atoms with E-state index in [4.69, 9.17) is 4.74 Å². The highest BCUT2D eigenvalue weighted by atomic mass is 79.9. The van der Waals surface area contributed by atoms with Crippen molar-refractivity contribution < 1.29 is 4.74 Å². The highest BCUT2D eigenvalue weighted by Gasteiger charge is 2.45. The normalized spacial score (nSPS) is 20.6. The maximum absolute atomic E-state index is 6.35. The number of halogens is 1. The predicted molar refractivity (Wildman–Crippen MR) is 88.0 cm³/mol. The fraction of sp³-hybridized carbons (Fsp3) is 0.500.